The van der Waals surface area contributed by atoms with Crippen LogP contribution in [0.1, 0.15) is 0 Å². The standard InChI is InChI=1S/C6H5N5OS/c1-13-6-9-4-3(10-11-6)5(12)8-2-7-4/h2H,1H3,(H,7,8,9,11,12). The van der Waals surface area contributed by atoms with E-state index in [0.717, 1.165) is 0 Å². The molecular formula is C6H5N5OS. The first kappa shape index (κ1) is 8.11. The van der Waals surface area contributed by atoms with Crippen molar-refractivity contribution in [1.82, 2.24) is 25.1 Å². The highest BCUT2D eigenvalue weighted by atomic mass is 32.2. The third-order valence-electron chi connectivity index (χ3n) is 1.43. The van der Waals surface area contributed by atoms with Crippen molar-refractivity contribution in [2.45, 2.75) is 5.16 Å². The van der Waals surface area contributed by atoms with Crippen molar-refractivity contribution in [3.63, 3.8) is 0 Å². The lowest BCUT2D eigenvalue weighted by Crippen LogP contribution is -2.10. The molecule has 0 amide bonds. The Bertz CT molecular complexity index is 496. The van der Waals surface area contributed by atoms with E-state index >= 15 is 0 Å². The fraction of sp³-hybridized carbons (Fsp3) is 0.167. The van der Waals surface area contributed by atoms with Gasteiger partial charge in [-0.25, -0.2) is 4.98 Å². The van der Waals surface area contributed by atoms with Crippen molar-refractivity contribution >= 4 is 22.9 Å². The molecule has 0 fully saturated rings. The summed E-state index contributed by atoms with van der Waals surface area (Å²) >= 11 is 1.35. The van der Waals surface area contributed by atoms with E-state index in [2.05, 4.69) is 25.1 Å². The molecule has 2 aromatic heterocycles. The minimum absolute atomic E-state index is 0.167. The highest BCUT2D eigenvalue weighted by molar-refractivity contribution is 7.98. The second-order valence-corrected chi connectivity index (χ2v) is 2.98. The van der Waals surface area contributed by atoms with E-state index in [4.69, 9.17) is 0 Å². The van der Waals surface area contributed by atoms with Crippen molar-refractivity contribution in [3.8, 4) is 0 Å². The summed E-state index contributed by atoms with van der Waals surface area (Å²) in [5, 5.41) is 7.95. The minimum atomic E-state index is -0.322. The zero-order valence-electron chi connectivity index (χ0n) is 6.68. The fourth-order valence-electron chi connectivity index (χ4n) is 0.847. The van der Waals surface area contributed by atoms with Crippen molar-refractivity contribution in [2.24, 2.45) is 0 Å². The van der Waals surface area contributed by atoms with Gasteiger partial charge in [0.2, 0.25) is 5.16 Å². The normalized spacial score (nSPS) is 10.5. The maximum atomic E-state index is 11.1. The lowest BCUT2D eigenvalue weighted by atomic mass is 10.5. The van der Waals surface area contributed by atoms with Crippen molar-refractivity contribution in [1.29, 1.82) is 0 Å². The van der Waals surface area contributed by atoms with Crippen LogP contribution in [0.2, 0.25) is 0 Å². The zero-order valence-corrected chi connectivity index (χ0v) is 7.50. The summed E-state index contributed by atoms with van der Waals surface area (Å²) in [6.07, 6.45) is 3.12. The zero-order chi connectivity index (χ0) is 9.26. The predicted octanol–water partition coefficient (Wildman–Crippen LogP) is -0.170. The summed E-state index contributed by atoms with van der Waals surface area (Å²) in [5.74, 6) is 0. The molecular weight excluding hydrogens is 190 g/mol. The van der Waals surface area contributed by atoms with Gasteiger partial charge in [-0.15, -0.1) is 10.2 Å². The van der Waals surface area contributed by atoms with Crippen LogP contribution in [0, 0.1) is 0 Å². The minimum Gasteiger partial charge on any atom is -0.311 e. The monoisotopic (exact) mass is 195 g/mol. The molecule has 0 bridgehead atoms. The number of nitrogens with zero attached hydrogens (tertiary/aromatic N) is 4. The molecule has 0 radical (unpaired) electrons. The molecule has 66 valence electrons. The summed E-state index contributed by atoms with van der Waals surface area (Å²) in [6, 6.07) is 0. The van der Waals surface area contributed by atoms with Gasteiger partial charge >= 0.3 is 0 Å². The van der Waals surface area contributed by atoms with Gasteiger partial charge in [0.15, 0.2) is 11.2 Å². The van der Waals surface area contributed by atoms with Gasteiger partial charge in [-0.3, -0.25) is 4.79 Å². The number of aromatic nitrogens is 5. The molecule has 7 heteroatoms. The molecule has 1 N–H and O–H groups in total. The summed E-state index contributed by atoms with van der Waals surface area (Å²) in [6.45, 7) is 0. The number of H-pyrrole nitrogens is 1. The Labute approximate surface area is 76.8 Å². The second kappa shape index (κ2) is 3.09. The molecule has 2 heterocycles. The molecule has 0 aromatic carbocycles. The molecule has 2 rings (SSSR count). The predicted molar refractivity (Wildman–Crippen MR) is 47.5 cm³/mol. The van der Waals surface area contributed by atoms with E-state index in [1.165, 1.54) is 18.1 Å². The molecule has 0 atom stereocenters. The van der Waals surface area contributed by atoms with Crippen LogP contribution in [0.15, 0.2) is 16.3 Å². The fourth-order valence-corrected chi connectivity index (χ4v) is 1.15. The van der Waals surface area contributed by atoms with Gasteiger partial charge in [0.05, 0.1) is 6.33 Å². The largest absolute Gasteiger partial charge is 0.311 e. The SMILES string of the molecule is CSc1nnc2c(=O)[nH]cnc2n1. The van der Waals surface area contributed by atoms with Gasteiger partial charge in [-0.1, -0.05) is 11.8 Å². The smallest absolute Gasteiger partial charge is 0.280 e. The average molecular weight is 195 g/mol. The lowest BCUT2D eigenvalue weighted by molar-refractivity contribution is 0.864. The number of thioether (sulfide) groups is 1. The van der Waals surface area contributed by atoms with Crippen LogP contribution in [0.5, 0.6) is 0 Å². The lowest BCUT2D eigenvalue weighted by Gasteiger charge is -1.94. The third kappa shape index (κ3) is 1.37. The van der Waals surface area contributed by atoms with Crippen LogP contribution >= 0.6 is 11.8 Å². The summed E-state index contributed by atoms with van der Waals surface area (Å²) in [5.41, 5.74) is 0.168. The number of hydrogen-bond donors (Lipinski definition) is 1. The number of hydrogen-bond acceptors (Lipinski definition) is 6. The van der Waals surface area contributed by atoms with E-state index in [1.54, 1.807) is 0 Å². The Morgan fingerprint density at radius 1 is 1.46 bits per heavy atom. The highest BCUT2D eigenvalue weighted by Gasteiger charge is 2.03. The Hall–Kier alpha value is -1.50. The highest BCUT2D eigenvalue weighted by Crippen LogP contribution is 2.07. The molecule has 0 aliphatic heterocycles. The molecule has 6 nitrogen and oxygen atoms in total. The van der Waals surface area contributed by atoms with Gasteiger partial charge in [0.25, 0.3) is 5.56 Å². The Kier molecular flexibility index (Phi) is 1.93. The molecule has 0 saturated carbocycles. The Balaban J connectivity index is 2.80. The molecule has 0 spiro atoms. The first-order valence-corrected chi connectivity index (χ1v) is 4.66. The third-order valence-corrected chi connectivity index (χ3v) is 1.97. The molecule has 2 aromatic rings. The Morgan fingerprint density at radius 3 is 3.08 bits per heavy atom. The summed E-state index contributed by atoms with van der Waals surface area (Å²) < 4.78 is 0. The summed E-state index contributed by atoms with van der Waals surface area (Å²) in [4.78, 5) is 21.4. The van der Waals surface area contributed by atoms with E-state index in [1.807, 2.05) is 6.26 Å². The molecule has 13 heavy (non-hydrogen) atoms. The van der Waals surface area contributed by atoms with Gasteiger partial charge in [0, 0.05) is 0 Å². The van der Waals surface area contributed by atoms with Crippen molar-refractivity contribution < 1.29 is 0 Å². The number of rotatable bonds is 1. The quantitative estimate of drug-likeness (QED) is 0.636. The summed E-state index contributed by atoms with van der Waals surface area (Å²) in [7, 11) is 0. The van der Waals surface area contributed by atoms with Crippen LogP contribution in [-0.2, 0) is 0 Å². The van der Waals surface area contributed by atoms with E-state index in [-0.39, 0.29) is 11.1 Å². The van der Waals surface area contributed by atoms with Gasteiger partial charge in [-0.05, 0) is 6.26 Å². The molecule has 0 saturated heterocycles. The van der Waals surface area contributed by atoms with Crippen LogP contribution in [-0.4, -0.2) is 31.4 Å². The molecule has 0 unspecified atom stereocenters. The van der Waals surface area contributed by atoms with Gasteiger partial charge in [-0.2, -0.15) is 4.98 Å². The Morgan fingerprint density at radius 2 is 2.31 bits per heavy atom. The van der Waals surface area contributed by atoms with Crippen LogP contribution < -0.4 is 5.56 Å². The second-order valence-electron chi connectivity index (χ2n) is 2.20. The number of aromatic amines is 1. The van der Waals surface area contributed by atoms with Crippen molar-refractivity contribution in [3.05, 3.63) is 16.7 Å². The first-order chi connectivity index (χ1) is 6.31. The van der Waals surface area contributed by atoms with Gasteiger partial charge < -0.3 is 4.98 Å². The topological polar surface area (TPSA) is 84.4 Å². The van der Waals surface area contributed by atoms with Crippen LogP contribution in [0.3, 0.4) is 0 Å². The molecule has 0 aliphatic carbocycles. The maximum Gasteiger partial charge on any atom is 0.280 e. The average Bonchev–Trinajstić information content (AvgIpc) is 2.18. The van der Waals surface area contributed by atoms with Crippen molar-refractivity contribution in [2.75, 3.05) is 6.26 Å². The van der Waals surface area contributed by atoms with E-state index in [0.29, 0.717) is 10.8 Å². The van der Waals surface area contributed by atoms with E-state index in [9.17, 15) is 4.79 Å². The first-order valence-electron chi connectivity index (χ1n) is 3.43. The van der Waals surface area contributed by atoms with Crippen LogP contribution in [0.4, 0.5) is 0 Å². The molecule has 0 aliphatic rings. The number of nitrogens with one attached hydrogen (secondary N) is 1. The van der Waals surface area contributed by atoms with Gasteiger partial charge in [0.1, 0.15) is 0 Å². The van der Waals surface area contributed by atoms with Crippen LogP contribution in [0.25, 0.3) is 11.2 Å². The van der Waals surface area contributed by atoms with E-state index < -0.39 is 0 Å². The maximum absolute atomic E-state index is 11.1. The number of fused-ring (bicyclic) bond motifs is 1.